The Balaban J connectivity index is 2.10. The summed E-state index contributed by atoms with van der Waals surface area (Å²) in [6.07, 6.45) is 6.30. The van der Waals surface area contributed by atoms with Gasteiger partial charge in [0, 0.05) is 29.2 Å². The highest BCUT2D eigenvalue weighted by Crippen LogP contribution is 2.51. The van der Waals surface area contributed by atoms with E-state index in [-0.39, 0.29) is 5.41 Å². The molecule has 0 nitrogen and oxygen atoms in total. The summed E-state index contributed by atoms with van der Waals surface area (Å²) in [7, 11) is 0. The zero-order chi connectivity index (χ0) is 18.6. The molecule has 26 heavy (non-hydrogen) atoms. The SMILES string of the molecule is CC#Cc1ccc2c(c1)C(C)(CCCCCC)c1cc(C#C[SH2+])ccc1-2. The van der Waals surface area contributed by atoms with Gasteiger partial charge in [0.15, 0.2) is 5.25 Å². The van der Waals surface area contributed by atoms with E-state index in [0.717, 1.165) is 11.1 Å². The van der Waals surface area contributed by atoms with Gasteiger partial charge in [0.2, 0.25) is 0 Å². The van der Waals surface area contributed by atoms with Gasteiger partial charge < -0.3 is 0 Å². The minimum Gasteiger partial charge on any atom is -0.101 e. The average molecular weight is 360 g/mol. The van der Waals surface area contributed by atoms with Crippen molar-refractivity contribution in [3.8, 4) is 34.1 Å². The Morgan fingerprint density at radius 1 is 0.885 bits per heavy atom. The summed E-state index contributed by atoms with van der Waals surface area (Å²) in [5, 5.41) is 2.85. The second-order valence-corrected chi connectivity index (χ2v) is 7.54. The fourth-order valence-corrected chi connectivity index (χ4v) is 4.31. The number of fused-ring (bicyclic) bond motifs is 3. The molecular formula is C25H27S+. The van der Waals surface area contributed by atoms with Crippen molar-refractivity contribution >= 4 is 12.6 Å². The molecule has 132 valence electrons. The molecule has 0 bridgehead atoms. The van der Waals surface area contributed by atoms with Crippen LogP contribution in [0, 0.1) is 23.0 Å². The maximum absolute atomic E-state index is 3.28. The summed E-state index contributed by atoms with van der Waals surface area (Å²) < 4.78 is 0. The van der Waals surface area contributed by atoms with Crippen LogP contribution < -0.4 is 0 Å². The fourth-order valence-electron chi connectivity index (χ4n) is 4.16. The number of benzene rings is 2. The molecule has 1 unspecified atom stereocenters. The molecule has 3 rings (SSSR count). The van der Waals surface area contributed by atoms with E-state index in [9.17, 15) is 0 Å². The zero-order valence-electron chi connectivity index (χ0n) is 16.0. The smallest absolute Gasteiger partial charge is 0.101 e. The van der Waals surface area contributed by atoms with Gasteiger partial charge in [-0.05, 0) is 65.8 Å². The zero-order valence-corrected chi connectivity index (χ0v) is 17.0. The Morgan fingerprint density at radius 2 is 1.50 bits per heavy atom. The van der Waals surface area contributed by atoms with Gasteiger partial charge in [-0.1, -0.05) is 57.6 Å². The maximum Gasteiger partial charge on any atom is 0.152 e. The van der Waals surface area contributed by atoms with E-state index < -0.39 is 0 Å². The molecule has 1 heteroatoms. The van der Waals surface area contributed by atoms with Crippen LogP contribution in [0.5, 0.6) is 0 Å². The predicted octanol–water partition coefficient (Wildman–Crippen LogP) is 5.64. The number of hydrogen-bond acceptors (Lipinski definition) is 0. The van der Waals surface area contributed by atoms with Crippen molar-refractivity contribution in [2.75, 3.05) is 0 Å². The van der Waals surface area contributed by atoms with Gasteiger partial charge in [0.1, 0.15) is 0 Å². The Morgan fingerprint density at radius 3 is 2.04 bits per heavy atom. The fraction of sp³-hybridized carbons (Fsp3) is 0.360. The van der Waals surface area contributed by atoms with E-state index in [4.69, 9.17) is 0 Å². The number of hydrogen-bond donors (Lipinski definition) is 0. The summed E-state index contributed by atoms with van der Waals surface area (Å²) in [6.45, 7) is 6.57. The van der Waals surface area contributed by atoms with E-state index in [1.807, 2.05) is 6.92 Å². The predicted molar refractivity (Wildman–Crippen MR) is 117 cm³/mol. The summed E-state index contributed by atoms with van der Waals surface area (Å²) in [5.74, 6) is 9.42. The molecule has 0 spiro atoms. The van der Waals surface area contributed by atoms with Crippen LogP contribution in [0.25, 0.3) is 11.1 Å². The molecule has 1 aliphatic rings. The normalized spacial score (nSPS) is 16.8. The lowest BCUT2D eigenvalue weighted by atomic mass is 9.75. The Kier molecular flexibility index (Phi) is 5.80. The molecule has 0 saturated heterocycles. The van der Waals surface area contributed by atoms with Gasteiger partial charge in [-0.3, -0.25) is 0 Å². The van der Waals surface area contributed by atoms with Gasteiger partial charge in [0.05, 0.1) is 0 Å². The summed E-state index contributed by atoms with van der Waals surface area (Å²) in [4.78, 5) is 0. The van der Waals surface area contributed by atoms with Crippen molar-refractivity contribution in [2.45, 2.75) is 58.3 Å². The highest BCUT2D eigenvalue weighted by molar-refractivity contribution is 7.64. The van der Waals surface area contributed by atoms with E-state index in [2.05, 4.69) is 85.9 Å². The van der Waals surface area contributed by atoms with Crippen LogP contribution in [0.1, 0.15) is 75.1 Å². The van der Waals surface area contributed by atoms with Crippen LogP contribution in [0.3, 0.4) is 0 Å². The second-order valence-electron chi connectivity index (χ2n) is 7.29. The van der Waals surface area contributed by atoms with Crippen LogP contribution in [0.15, 0.2) is 36.4 Å². The molecule has 0 N–H and O–H groups in total. The summed E-state index contributed by atoms with van der Waals surface area (Å²) >= 11 is 3.28. The van der Waals surface area contributed by atoms with Crippen LogP contribution in [0.2, 0.25) is 0 Å². The first kappa shape index (κ1) is 18.7. The monoisotopic (exact) mass is 359 g/mol. The summed E-state index contributed by atoms with van der Waals surface area (Å²) in [5.41, 5.74) is 7.77. The third kappa shape index (κ3) is 3.42. The van der Waals surface area contributed by atoms with Gasteiger partial charge in [-0.15, -0.1) is 5.92 Å². The molecular weight excluding hydrogens is 332 g/mol. The van der Waals surface area contributed by atoms with Gasteiger partial charge in [-0.2, -0.15) is 0 Å². The lowest BCUT2D eigenvalue weighted by Crippen LogP contribution is -2.21. The lowest BCUT2D eigenvalue weighted by Gasteiger charge is -2.28. The molecule has 1 aliphatic carbocycles. The third-order valence-electron chi connectivity index (χ3n) is 5.52. The summed E-state index contributed by atoms with van der Waals surface area (Å²) in [6, 6.07) is 13.4. The largest absolute Gasteiger partial charge is 0.152 e. The van der Waals surface area contributed by atoms with Crippen molar-refractivity contribution in [3.63, 3.8) is 0 Å². The van der Waals surface area contributed by atoms with E-state index in [1.165, 1.54) is 54.4 Å². The molecule has 1 atom stereocenters. The molecule has 0 saturated carbocycles. The van der Waals surface area contributed by atoms with Crippen LogP contribution in [0.4, 0.5) is 0 Å². The van der Waals surface area contributed by atoms with Crippen LogP contribution >= 0.6 is 0 Å². The highest BCUT2D eigenvalue weighted by atomic mass is 32.1. The molecule has 0 radical (unpaired) electrons. The molecule has 0 heterocycles. The van der Waals surface area contributed by atoms with Crippen molar-refractivity contribution < 1.29 is 0 Å². The van der Waals surface area contributed by atoms with Crippen LogP contribution in [-0.2, 0) is 18.0 Å². The van der Waals surface area contributed by atoms with Crippen molar-refractivity contribution in [1.29, 1.82) is 0 Å². The standard InChI is InChI=1S/C25H26S/c1-4-6-7-8-15-25(3)23-17-19(9-5-2)10-12-21(23)22-13-11-20(14-16-26)18-24(22)25/h10-13,17-18,26H,4,6-8,15H2,1-3H3/p+1. The lowest BCUT2D eigenvalue weighted by molar-refractivity contribution is 0.487. The minimum absolute atomic E-state index is 0.0350. The molecule has 0 amide bonds. The quantitative estimate of drug-likeness (QED) is 0.368. The maximum atomic E-state index is 3.28. The first-order chi connectivity index (χ1) is 12.6. The molecule has 2 aromatic carbocycles. The Labute approximate surface area is 163 Å². The average Bonchev–Trinajstić information content (AvgIpc) is 2.88. The molecule has 0 aliphatic heterocycles. The Hall–Kier alpha value is -2.09. The molecule has 0 fully saturated rings. The Bertz CT molecular complexity index is 859. The topological polar surface area (TPSA) is 0 Å². The number of unbranched alkanes of at least 4 members (excludes halogenated alkanes) is 3. The second kappa shape index (κ2) is 8.07. The molecule has 2 aromatic rings. The van der Waals surface area contributed by atoms with Gasteiger partial charge in [0.25, 0.3) is 0 Å². The van der Waals surface area contributed by atoms with E-state index in [1.54, 1.807) is 0 Å². The van der Waals surface area contributed by atoms with Crippen molar-refractivity contribution in [3.05, 3.63) is 58.7 Å². The first-order valence-corrected chi connectivity index (χ1v) is 10.0. The van der Waals surface area contributed by atoms with Gasteiger partial charge in [-0.25, -0.2) is 0 Å². The van der Waals surface area contributed by atoms with Crippen molar-refractivity contribution in [1.82, 2.24) is 0 Å². The highest BCUT2D eigenvalue weighted by Gasteiger charge is 2.39. The van der Waals surface area contributed by atoms with Gasteiger partial charge >= 0.3 is 0 Å². The minimum atomic E-state index is 0.0350. The van der Waals surface area contributed by atoms with Crippen LogP contribution in [-0.4, -0.2) is 0 Å². The van der Waals surface area contributed by atoms with E-state index in [0.29, 0.717) is 0 Å². The molecule has 0 aromatic heterocycles. The van der Waals surface area contributed by atoms with Crippen molar-refractivity contribution in [2.24, 2.45) is 0 Å². The first-order valence-electron chi connectivity index (χ1n) is 9.54. The third-order valence-corrected chi connectivity index (χ3v) is 5.65. The van der Waals surface area contributed by atoms with E-state index >= 15 is 0 Å². The number of rotatable bonds is 5.